The van der Waals surface area contributed by atoms with E-state index in [1.54, 1.807) is 0 Å². The third-order valence-corrected chi connectivity index (χ3v) is 10.3. The largest absolute Gasteiger partial charge is 0.351 e. The first-order valence-electron chi connectivity index (χ1n) is 15.5. The van der Waals surface area contributed by atoms with Gasteiger partial charge in [0.15, 0.2) is 0 Å². The van der Waals surface area contributed by atoms with Gasteiger partial charge in [-0.3, -0.25) is 14.5 Å². The zero-order valence-corrected chi connectivity index (χ0v) is 25.4. The van der Waals surface area contributed by atoms with Crippen molar-refractivity contribution in [1.82, 2.24) is 15.1 Å². The Hall–Kier alpha value is -2.02. The average Bonchev–Trinajstić information content (AvgIpc) is 3.42. The molecule has 4 unspecified atom stereocenters. The summed E-state index contributed by atoms with van der Waals surface area (Å²) in [7, 11) is 0. The number of nitrogens with zero attached hydrogens (tertiary/aromatic N) is 2. The number of piperidine rings is 1. The molecular weight excluding hydrogens is 508 g/mol. The lowest BCUT2D eigenvalue weighted by Gasteiger charge is -2.51. The second kappa shape index (κ2) is 10.7. The van der Waals surface area contributed by atoms with Crippen LogP contribution in [0.15, 0.2) is 18.2 Å². The monoisotopic (exact) mass is 557 g/mol. The number of halogens is 2. The van der Waals surface area contributed by atoms with Crippen molar-refractivity contribution in [2.75, 3.05) is 13.1 Å². The first-order valence-corrected chi connectivity index (χ1v) is 15.5. The highest BCUT2D eigenvalue weighted by atomic mass is 19.1. The van der Waals surface area contributed by atoms with Crippen molar-refractivity contribution in [1.29, 1.82) is 0 Å². The standard InChI is InChI=1S/C33H49F2N3O2/c1-31(2,3)36-30(40)33(21-10-8-7-9-11-21)17-23-13-14-24(18-33)38(23)29(39)27-20-37(32(4,5)6)19-26(27)25-15-12-22(34)16-28(25)35/h12,15-16,21,23-24,26-27H,7-11,13-14,17-20H2,1-6H3,(H,36,40). The van der Waals surface area contributed by atoms with Gasteiger partial charge in [0.1, 0.15) is 11.6 Å². The minimum atomic E-state index is -0.600. The van der Waals surface area contributed by atoms with Gasteiger partial charge in [-0.25, -0.2) is 8.78 Å². The Bertz CT molecular complexity index is 1100. The summed E-state index contributed by atoms with van der Waals surface area (Å²) in [5.41, 5.74) is -0.494. The summed E-state index contributed by atoms with van der Waals surface area (Å²) in [4.78, 5) is 32.9. The van der Waals surface area contributed by atoms with E-state index >= 15 is 4.39 Å². The van der Waals surface area contributed by atoms with Crippen LogP contribution in [0.2, 0.25) is 0 Å². The summed E-state index contributed by atoms with van der Waals surface area (Å²) in [6, 6.07) is 3.82. The Morgan fingerprint density at radius 2 is 1.52 bits per heavy atom. The van der Waals surface area contributed by atoms with E-state index in [0.29, 0.717) is 37.4 Å². The molecule has 3 aliphatic heterocycles. The number of hydrogen-bond acceptors (Lipinski definition) is 3. The zero-order chi connectivity index (χ0) is 29.0. The predicted octanol–water partition coefficient (Wildman–Crippen LogP) is 6.41. The van der Waals surface area contributed by atoms with Gasteiger partial charge in [0.2, 0.25) is 11.8 Å². The topological polar surface area (TPSA) is 52.7 Å². The summed E-state index contributed by atoms with van der Waals surface area (Å²) in [5.74, 6) is -1.29. The Morgan fingerprint density at radius 1 is 0.900 bits per heavy atom. The van der Waals surface area contributed by atoms with E-state index in [0.717, 1.165) is 31.7 Å². The van der Waals surface area contributed by atoms with Crippen LogP contribution in [-0.4, -0.2) is 57.9 Å². The molecular formula is C33H49F2N3O2. The molecule has 4 atom stereocenters. The maximum absolute atomic E-state index is 15.1. The van der Waals surface area contributed by atoms with Crippen LogP contribution in [0, 0.1) is 28.9 Å². The van der Waals surface area contributed by atoms with Crippen LogP contribution in [0.25, 0.3) is 0 Å². The van der Waals surface area contributed by atoms with E-state index in [1.807, 2.05) is 20.8 Å². The van der Waals surface area contributed by atoms with Crippen molar-refractivity contribution in [3.63, 3.8) is 0 Å². The fraction of sp³-hybridized carbons (Fsp3) is 0.758. The average molecular weight is 558 g/mol. The molecule has 3 saturated heterocycles. The molecule has 1 aliphatic carbocycles. The molecule has 40 heavy (non-hydrogen) atoms. The molecule has 1 N–H and O–H groups in total. The Labute approximate surface area is 239 Å². The van der Waals surface area contributed by atoms with Crippen molar-refractivity contribution >= 4 is 11.8 Å². The van der Waals surface area contributed by atoms with E-state index in [9.17, 15) is 14.0 Å². The molecule has 5 rings (SSSR count). The molecule has 0 spiro atoms. The fourth-order valence-corrected chi connectivity index (χ4v) is 8.38. The van der Waals surface area contributed by atoms with E-state index in [1.165, 1.54) is 31.4 Å². The zero-order valence-electron chi connectivity index (χ0n) is 25.4. The Kier molecular flexibility index (Phi) is 7.86. The molecule has 2 amide bonds. The number of hydrogen-bond donors (Lipinski definition) is 1. The number of fused-ring (bicyclic) bond motifs is 2. The molecule has 1 aromatic carbocycles. The second-order valence-corrected chi connectivity index (χ2v) is 15.2. The summed E-state index contributed by atoms with van der Waals surface area (Å²) < 4.78 is 28.9. The van der Waals surface area contributed by atoms with Gasteiger partial charge in [0, 0.05) is 48.2 Å². The highest BCUT2D eigenvalue weighted by Gasteiger charge is 2.58. The predicted molar refractivity (Wildman–Crippen MR) is 154 cm³/mol. The maximum atomic E-state index is 15.1. The molecule has 2 bridgehead atoms. The fourth-order valence-electron chi connectivity index (χ4n) is 8.38. The van der Waals surface area contributed by atoms with Crippen molar-refractivity contribution < 1.29 is 18.4 Å². The third kappa shape index (κ3) is 5.56. The van der Waals surface area contributed by atoms with Crippen LogP contribution >= 0.6 is 0 Å². The molecule has 4 fully saturated rings. The number of carbonyl (C=O) groups is 2. The smallest absolute Gasteiger partial charge is 0.228 e. The van der Waals surface area contributed by atoms with Crippen molar-refractivity contribution in [3.05, 3.63) is 35.4 Å². The van der Waals surface area contributed by atoms with E-state index in [4.69, 9.17) is 0 Å². The van der Waals surface area contributed by atoms with E-state index in [-0.39, 0.29) is 40.9 Å². The quantitative estimate of drug-likeness (QED) is 0.465. The lowest BCUT2D eigenvalue weighted by molar-refractivity contribution is -0.153. The summed E-state index contributed by atoms with van der Waals surface area (Å²) in [6.07, 6.45) is 9.00. The lowest BCUT2D eigenvalue weighted by atomic mass is 9.61. The van der Waals surface area contributed by atoms with Gasteiger partial charge in [-0.15, -0.1) is 0 Å². The number of amides is 2. The van der Waals surface area contributed by atoms with Gasteiger partial charge >= 0.3 is 0 Å². The van der Waals surface area contributed by atoms with Crippen LogP contribution in [0.3, 0.4) is 0 Å². The van der Waals surface area contributed by atoms with Gasteiger partial charge in [0.05, 0.1) is 11.3 Å². The number of benzene rings is 1. The molecule has 1 aromatic rings. The maximum Gasteiger partial charge on any atom is 0.228 e. The minimum absolute atomic E-state index is 0.0290. The normalized spacial score (nSPS) is 31.9. The molecule has 5 nitrogen and oxygen atoms in total. The molecule has 7 heteroatoms. The summed E-state index contributed by atoms with van der Waals surface area (Å²) >= 11 is 0. The summed E-state index contributed by atoms with van der Waals surface area (Å²) in [5, 5.41) is 3.34. The van der Waals surface area contributed by atoms with Gasteiger partial charge in [-0.2, -0.15) is 0 Å². The van der Waals surface area contributed by atoms with Crippen LogP contribution in [0.5, 0.6) is 0 Å². The van der Waals surface area contributed by atoms with E-state index < -0.39 is 23.0 Å². The van der Waals surface area contributed by atoms with Gasteiger partial charge in [0.25, 0.3) is 0 Å². The van der Waals surface area contributed by atoms with E-state index in [2.05, 4.69) is 35.9 Å². The second-order valence-electron chi connectivity index (χ2n) is 15.2. The molecule has 222 valence electrons. The lowest BCUT2D eigenvalue weighted by Crippen LogP contribution is -2.61. The number of likely N-dealkylation sites (tertiary alicyclic amines) is 1. The van der Waals surface area contributed by atoms with Crippen LogP contribution in [0.1, 0.15) is 111 Å². The van der Waals surface area contributed by atoms with Crippen LogP contribution < -0.4 is 5.32 Å². The van der Waals surface area contributed by atoms with Gasteiger partial charge in [-0.1, -0.05) is 25.3 Å². The first kappa shape index (κ1) is 29.5. The van der Waals surface area contributed by atoms with Crippen LogP contribution in [0.4, 0.5) is 8.78 Å². The molecule has 0 radical (unpaired) electrons. The van der Waals surface area contributed by atoms with Crippen LogP contribution in [-0.2, 0) is 9.59 Å². The first-order chi connectivity index (χ1) is 18.7. The highest BCUT2D eigenvalue weighted by molar-refractivity contribution is 5.86. The highest BCUT2D eigenvalue weighted by Crippen LogP contribution is 2.54. The molecule has 4 aliphatic rings. The Morgan fingerprint density at radius 3 is 2.08 bits per heavy atom. The Balaban J connectivity index is 1.44. The van der Waals surface area contributed by atoms with Crippen molar-refractivity contribution in [2.24, 2.45) is 17.3 Å². The summed E-state index contributed by atoms with van der Waals surface area (Å²) in [6.45, 7) is 13.6. The number of carbonyl (C=O) groups excluding carboxylic acids is 2. The van der Waals surface area contributed by atoms with Crippen molar-refractivity contribution in [3.8, 4) is 0 Å². The molecule has 1 saturated carbocycles. The third-order valence-electron chi connectivity index (χ3n) is 10.3. The molecule has 0 aromatic heterocycles. The number of rotatable bonds is 4. The van der Waals surface area contributed by atoms with Gasteiger partial charge in [-0.05, 0) is 97.6 Å². The van der Waals surface area contributed by atoms with Gasteiger partial charge < -0.3 is 10.2 Å². The SMILES string of the molecule is CC(C)(C)NC(=O)C1(C2CCCCC2)CC2CCC(C1)N2C(=O)C1CN(C(C)(C)C)CC1c1ccc(F)cc1F. The number of nitrogens with one attached hydrogen (secondary N) is 1. The van der Waals surface area contributed by atoms with Crippen molar-refractivity contribution in [2.45, 2.75) is 128 Å². The molecule has 3 heterocycles. The minimum Gasteiger partial charge on any atom is -0.351 e.